The molecule has 0 radical (unpaired) electrons. The summed E-state index contributed by atoms with van der Waals surface area (Å²) in [5.41, 5.74) is 0.444. The Labute approximate surface area is 163 Å². The summed E-state index contributed by atoms with van der Waals surface area (Å²) >= 11 is 3.13. The van der Waals surface area contributed by atoms with Crippen molar-refractivity contribution in [3.8, 4) is 5.75 Å². The second-order valence-electron chi connectivity index (χ2n) is 5.18. The van der Waals surface area contributed by atoms with Crippen molar-refractivity contribution in [3.05, 3.63) is 58.1 Å². The van der Waals surface area contributed by atoms with Crippen LogP contribution in [-0.2, 0) is 21.3 Å². The Morgan fingerprint density at radius 2 is 1.93 bits per heavy atom. The number of carbonyl (C=O) groups is 1. The number of hydrogen-bond acceptors (Lipinski definition) is 5. The van der Waals surface area contributed by atoms with Gasteiger partial charge in [0.15, 0.2) is 0 Å². The van der Waals surface area contributed by atoms with Crippen LogP contribution in [0.1, 0.15) is 22.8 Å². The van der Waals surface area contributed by atoms with E-state index in [-0.39, 0.29) is 39.4 Å². The topological polar surface area (TPSA) is 81.7 Å². The fraction of sp³-hybridized carbons (Fsp3) is 0.235. The molecule has 0 atom stereocenters. The average molecular weight is 464 g/mol. The molecule has 2 rings (SSSR count). The van der Waals surface area contributed by atoms with Crippen LogP contribution in [0.15, 0.2) is 51.8 Å². The quantitative estimate of drug-likeness (QED) is 0.603. The zero-order valence-electron chi connectivity index (χ0n) is 14.1. The highest BCUT2D eigenvalue weighted by molar-refractivity contribution is 9.10. The van der Waals surface area contributed by atoms with E-state index in [1.54, 1.807) is 13.0 Å². The van der Waals surface area contributed by atoms with Crippen molar-refractivity contribution >= 4 is 31.9 Å². The van der Waals surface area contributed by atoms with Crippen molar-refractivity contribution in [2.45, 2.75) is 25.0 Å². The van der Waals surface area contributed by atoms with E-state index in [0.29, 0.717) is 0 Å². The van der Waals surface area contributed by atoms with Gasteiger partial charge >= 0.3 is 12.6 Å². The number of nitrogens with one attached hydrogen (secondary N) is 1. The second-order valence-corrected chi connectivity index (χ2v) is 7.77. The number of sulfonamides is 1. The average Bonchev–Trinajstić information content (AvgIpc) is 2.60. The van der Waals surface area contributed by atoms with Crippen molar-refractivity contribution in [2.24, 2.45) is 0 Å². The molecule has 0 aliphatic rings. The van der Waals surface area contributed by atoms with E-state index in [4.69, 9.17) is 4.74 Å². The Morgan fingerprint density at radius 1 is 1.22 bits per heavy atom. The molecule has 0 aliphatic carbocycles. The molecule has 0 bridgehead atoms. The lowest BCUT2D eigenvalue weighted by Gasteiger charge is -2.13. The standard InChI is InChI=1S/C17H16BrF2NO5S/c1-2-25-16(22)11-7-8-15(13(18)9-11)27(23,24)21-10-12-5-3-4-6-14(12)26-17(19)20/h3-9,17,21H,2,10H2,1H3. The van der Waals surface area contributed by atoms with E-state index < -0.39 is 22.6 Å². The molecule has 0 aliphatic heterocycles. The lowest BCUT2D eigenvalue weighted by atomic mass is 10.2. The molecule has 10 heteroatoms. The Morgan fingerprint density at radius 3 is 2.56 bits per heavy atom. The highest BCUT2D eigenvalue weighted by Crippen LogP contribution is 2.25. The number of benzene rings is 2. The highest BCUT2D eigenvalue weighted by Gasteiger charge is 2.20. The van der Waals surface area contributed by atoms with Gasteiger partial charge in [-0.3, -0.25) is 0 Å². The van der Waals surface area contributed by atoms with Gasteiger partial charge in [-0.1, -0.05) is 18.2 Å². The van der Waals surface area contributed by atoms with Crippen LogP contribution in [0.25, 0.3) is 0 Å². The summed E-state index contributed by atoms with van der Waals surface area (Å²) < 4.78 is 61.7. The van der Waals surface area contributed by atoms with Crippen molar-refractivity contribution in [3.63, 3.8) is 0 Å². The number of para-hydroxylation sites is 1. The molecule has 2 aromatic carbocycles. The van der Waals surface area contributed by atoms with Gasteiger partial charge in [-0.05, 0) is 47.1 Å². The number of alkyl halides is 2. The molecule has 2 aromatic rings. The maximum absolute atomic E-state index is 12.5. The van der Waals surface area contributed by atoms with Gasteiger partial charge in [-0.2, -0.15) is 8.78 Å². The monoisotopic (exact) mass is 463 g/mol. The molecule has 1 N–H and O–H groups in total. The highest BCUT2D eigenvalue weighted by atomic mass is 79.9. The normalized spacial score (nSPS) is 11.4. The molecule has 0 amide bonds. The van der Waals surface area contributed by atoms with Crippen LogP contribution < -0.4 is 9.46 Å². The summed E-state index contributed by atoms with van der Waals surface area (Å²) in [7, 11) is -3.98. The zero-order chi connectivity index (χ0) is 20.0. The predicted octanol–water partition coefficient (Wildman–Crippen LogP) is 3.71. The third-order valence-electron chi connectivity index (χ3n) is 3.37. The number of carbonyl (C=O) groups excluding carboxylic acids is 1. The maximum Gasteiger partial charge on any atom is 0.387 e. The summed E-state index contributed by atoms with van der Waals surface area (Å²) in [5, 5.41) is 0. The van der Waals surface area contributed by atoms with Gasteiger partial charge in [-0.15, -0.1) is 0 Å². The van der Waals surface area contributed by atoms with Crippen LogP contribution in [0.5, 0.6) is 5.75 Å². The maximum atomic E-state index is 12.5. The third kappa shape index (κ3) is 5.72. The fourth-order valence-electron chi connectivity index (χ4n) is 2.17. The molecule has 0 saturated heterocycles. The molecule has 0 heterocycles. The lowest BCUT2D eigenvalue weighted by molar-refractivity contribution is -0.0504. The predicted molar refractivity (Wildman–Crippen MR) is 97.2 cm³/mol. The van der Waals surface area contributed by atoms with Crippen molar-refractivity contribution in [2.75, 3.05) is 6.61 Å². The van der Waals surface area contributed by atoms with Gasteiger partial charge < -0.3 is 9.47 Å². The van der Waals surface area contributed by atoms with Crippen LogP contribution in [0.4, 0.5) is 8.78 Å². The first-order valence-corrected chi connectivity index (χ1v) is 10.0. The molecule has 0 saturated carbocycles. The second kappa shape index (κ2) is 9.25. The van der Waals surface area contributed by atoms with Crippen molar-refractivity contribution < 1.29 is 31.5 Å². The van der Waals surface area contributed by atoms with E-state index in [0.717, 1.165) is 0 Å². The van der Waals surface area contributed by atoms with E-state index >= 15 is 0 Å². The number of esters is 1. The molecule has 27 heavy (non-hydrogen) atoms. The zero-order valence-corrected chi connectivity index (χ0v) is 16.5. The van der Waals surface area contributed by atoms with Crippen LogP contribution >= 0.6 is 15.9 Å². The van der Waals surface area contributed by atoms with E-state index in [1.165, 1.54) is 36.4 Å². The summed E-state index contributed by atoms with van der Waals surface area (Å²) in [6.45, 7) is -1.42. The molecule has 6 nitrogen and oxygen atoms in total. The number of ether oxygens (including phenoxy) is 2. The smallest absolute Gasteiger partial charge is 0.387 e. The van der Waals surface area contributed by atoms with Gasteiger partial charge in [0.05, 0.1) is 17.1 Å². The SMILES string of the molecule is CCOC(=O)c1ccc(S(=O)(=O)NCc2ccccc2OC(F)F)c(Br)c1. The molecule has 0 aromatic heterocycles. The Bertz CT molecular complexity index is 921. The van der Waals surface area contributed by atoms with Crippen LogP contribution in [0.2, 0.25) is 0 Å². The van der Waals surface area contributed by atoms with Gasteiger partial charge in [0.1, 0.15) is 5.75 Å². The summed E-state index contributed by atoms with van der Waals surface area (Å²) in [4.78, 5) is 11.6. The lowest BCUT2D eigenvalue weighted by Crippen LogP contribution is -2.24. The molecule has 0 unspecified atom stereocenters. The number of rotatable bonds is 8. The minimum absolute atomic E-state index is 0.109. The third-order valence-corrected chi connectivity index (χ3v) is 5.75. The molecular weight excluding hydrogens is 448 g/mol. The Hall–Kier alpha value is -2.04. The molecule has 0 fully saturated rings. The molecule has 146 valence electrons. The summed E-state index contributed by atoms with van der Waals surface area (Å²) in [6, 6.07) is 9.78. The first-order chi connectivity index (χ1) is 12.7. The number of halogens is 3. The largest absolute Gasteiger partial charge is 0.462 e. The summed E-state index contributed by atoms with van der Waals surface area (Å²) in [6.07, 6.45) is 0. The van der Waals surface area contributed by atoms with Crippen molar-refractivity contribution in [1.82, 2.24) is 4.72 Å². The number of hydrogen-bond donors (Lipinski definition) is 1. The van der Waals surface area contributed by atoms with E-state index in [2.05, 4.69) is 25.4 Å². The first kappa shape index (κ1) is 21.3. The minimum Gasteiger partial charge on any atom is -0.462 e. The van der Waals surface area contributed by atoms with Crippen LogP contribution in [0, 0.1) is 0 Å². The van der Waals surface area contributed by atoms with Gasteiger partial charge in [0, 0.05) is 16.6 Å². The van der Waals surface area contributed by atoms with Gasteiger partial charge in [-0.25, -0.2) is 17.9 Å². The first-order valence-electron chi connectivity index (χ1n) is 7.73. The molecular formula is C17H16BrF2NO5S. The summed E-state index contributed by atoms with van der Waals surface area (Å²) in [5.74, 6) is -0.694. The Kier molecular flexibility index (Phi) is 7.28. The van der Waals surface area contributed by atoms with Gasteiger partial charge in [0.2, 0.25) is 10.0 Å². The van der Waals surface area contributed by atoms with Gasteiger partial charge in [0.25, 0.3) is 0 Å². The van der Waals surface area contributed by atoms with E-state index in [1.807, 2.05) is 0 Å². The van der Waals surface area contributed by atoms with Crippen LogP contribution in [0.3, 0.4) is 0 Å². The molecule has 0 spiro atoms. The van der Waals surface area contributed by atoms with E-state index in [9.17, 15) is 22.0 Å². The minimum atomic E-state index is -3.98. The fourth-order valence-corrected chi connectivity index (χ4v) is 4.25. The van der Waals surface area contributed by atoms with Crippen molar-refractivity contribution in [1.29, 1.82) is 0 Å². The Balaban J connectivity index is 2.19. The van der Waals surface area contributed by atoms with Crippen LogP contribution in [-0.4, -0.2) is 27.6 Å².